The zero-order valence-electron chi connectivity index (χ0n) is 19.1. The van der Waals surface area contributed by atoms with Crippen molar-refractivity contribution < 1.29 is 14.6 Å². The van der Waals surface area contributed by atoms with Crippen LogP contribution in [0.15, 0.2) is 30.7 Å². The van der Waals surface area contributed by atoms with Crippen LogP contribution in [0.1, 0.15) is 36.4 Å². The predicted octanol–water partition coefficient (Wildman–Crippen LogP) is 3.55. The van der Waals surface area contributed by atoms with Crippen molar-refractivity contribution in [1.82, 2.24) is 19.5 Å². The minimum Gasteiger partial charge on any atom is -0.388 e. The van der Waals surface area contributed by atoms with Gasteiger partial charge in [-0.2, -0.15) is 0 Å². The Hall–Kier alpha value is -3.01. The molecule has 6 rings (SSSR count). The molecular weight excluding hydrogens is 471 g/mol. The molecule has 0 unspecified atom stereocenters. The normalized spacial score (nSPS) is 28.3. The lowest BCUT2D eigenvalue weighted by Crippen LogP contribution is -2.42. The number of benzene rings is 1. The second kappa shape index (κ2) is 7.74. The van der Waals surface area contributed by atoms with Gasteiger partial charge in [-0.3, -0.25) is 0 Å². The molecule has 5 atom stereocenters. The van der Waals surface area contributed by atoms with Crippen molar-refractivity contribution in [2.24, 2.45) is 11.8 Å². The van der Waals surface area contributed by atoms with Gasteiger partial charge in [-0.25, -0.2) is 19.3 Å². The van der Waals surface area contributed by atoms with Gasteiger partial charge in [-0.05, 0) is 73.8 Å². The zero-order chi connectivity index (χ0) is 24.6. The maximum Gasteiger partial charge on any atom is 0.146 e. The summed E-state index contributed by atoms with van der Waals surface area (Å²) in [7, 11) is 0. The van der Waals surface area contributed by atoms with Gasteiger partial charge in [0.05, 0.1) is 27.6 Å². The van der Waals surface area contributed by atoms with Crippen LogP contribution in [-0.4, -0.2) is 41.4 Å². The molecule has 0 bridgehead atoms. The summed E-state index contributed by atoms with van der Waals surface area (Å²) in [5.74, 6) is 0.0667. The van der Waals surface area contributed by atoms with Crippen molar-refractivity contribution >= 4 is 45.2 Å². The average molecular weight is 497 g/mol. The summed E-state index contributed by atoms with van der Waals surface area (Å²) in [5, 5.41) is 24.2. The molecule has 3 aromatic heterocycles. The van der Waals surface area contributed by atoms with Gasteiger partial charge >= 0.3 is 0 Å². The average Bonchev–Trinajstić information content (AvgIpc) is 3.40. The Balaban J connectivity index is 1.32. The van der Waals surface area contributed by atoms with E-state index in [1.165, 1.54) is 18.5 Å². The van der Waals surface area contributed by atoms with Gasteiger partial charge in [0.2, 0.25) is 0 Å². The SMILES string of the molecule is Cc1cn([C@@H]2C[C@@H]3[C@H](Cc4cc(F)c5cc(Cl)c(N)nc5c4)CC[C@]3(O)[C@H]2O)c2ncnc(N)c12. The fraction of sp³-hybridized carbons (Fsp3) is 0.400. The molecule has 0 aliphatic heterocycles. The van der Waals surface area contributed by atoms with Crippen LogP contribution < -0.4 is 11.5 Å². The largest absolute Gasteiger partial charge is 0.388 e. The summed E-state index contributed by atoms with van der Waals surface area (Å²) in [5.41, 5.74) is 13.5. The smallest absolute Gasteiger partial charge is 0.146 e. The third kappa shape index (κ3) is 3.29. The zero-order valence-corrected chi connectivity index (χ0v) is 19.9. The number of pyridine rings is 1. The van der Waals surface area contributed by atoms with E-state index in [1.54, 1.807) is 0 Å². The lowest BCUT2D eigenvalue weighted by atomic mass is 9.84. The molecule has 1 aromatic carbocycles. The van der Waals surface area contributed by atoms with Crippen LogP contribution in [-0.2, 0) is 6.42 Å². The molecule has 2 aliphatic carbocycles. The monoisotopic (exact) mass is 496 g/mol. The molecule has 35 heavy (non-hydrogen) atoms. The van der Waals surface area contributed by atoms with E-state index in [2.05, 4.69) is 15.0 Å². The van der Waals surface area contributed by atoms with Crippen molar-refractivity contribution in [3.8, 4) is 0 Å². The van der Waals surface area contributed by atoms with Gasteiger partial charge in [0, 0.05) is 11.6 Å². The van der Waals surface area contributed by atoms with Crippen molar-refractivity contribution in [1.29, 1.82) is 0 Å². The summed E-state index contributed by atoms with van der Waals surface area (Å²) in [6.07, 6.45) is 4.73. The topological polar surface area (TPSA) is 136 Å². The van der Waals surface area contributed by atoms with E-state index in [0.29, 0.717) is 41.6 Å². The first-order valence-corrected chi connectivity index (χ1v) is 12.1. The number of hydrogen-bond acceptors (Lipinski definition) is 7. The van der Waals surface area contributed by atoms with Gasteiger partial charge < -0.3 is 26.2 Å². The molecule has 2 aliphatic rings. The Morgan fingerprint density at radius 1 is 1.23 bits per heavy atom. The van der Waals surface area contributed by atoms with Gasteiger partial charge in [-0.1, -0.05) is 11.6 Å². The maximum atomic E-state index is 14.9. The van der Waals surface area contributed by atoms with Gasteiger partial charge in [0.1, 0.15) is 35.5 Å². The highest BCUT2D eigenvalue weighted by molar-refractivity contribution is 6.33. The molecule has 0 spiro atoms. The van der Waals surface area contributed by atoms with Crippen molar-refractivity contribution in [2.75, 3.05) is 11.5 Å². The quantitative estimate of drug-likeness (QED) is 0.340. The second-order valence-electron chi connectivity index (χ2n) is 10.0. The van der Waals surface area contributed by atoms with E-state index in [9.17, 15) is 14.6 Å². The fourth-order valence-electron chi connectivity index (χ4n) is 6.46. The molecular formula is C25H26ClFN6O2. The Labute approximate surface area is 205 Å². The number of halogens is 2. The first kappa shape index (κ1) is 22.5. The number of nitrogens with two attached hydrogens (primary N) is 2. The summed E-state index contributed by atoms with van der Waals surface area (Å²) in [4.78, 5) is 12.7. The number of aliphatic hydroxyl groups excluding tert-OH is 1. The van der Waals surface area contributed by atoms with Crippen molar-refractivity contribution in [2.45, 2.75) is 50.4 Å². The molecule has 8 nitrogen and oxygen atoms in total. The summed E-state index contributed by atoms with van der Waals surface area (Å²) >= 11 is 6.02. The third-order valence-electron chi connectivity index (χ3n) is 8.11. The number of hydrogen-bond donors (Lipinski definition) is 4. The molecule has 0 saturated heterocycles. The van der Waals surface area contributed by atoms with E-state index in [1.807, 2.05) is 23.8 Å². The van der Waals surface area contributed by atoms with Gasteiger partial charge in [0.25, 0.3) is 0 Å². The Bertz CT molecular complexity index is 1490. The Morgan fingerprint density at radius 3 is 2.83 bits per heavy atom. The minimum atomic E-state index is -1.22. The van der Waals surface area contributed by atoms with Crippen molar-refractivity contribution in [3.05, 3.63) is 52.7 Å². The van der Waals surface area contributed by atoms with Gasteiger partial charge in [0.15, 0.2) is 0 Å². The minimum absolute atomic E-state index is 0.0729. The lowest BCUT2D eigenvalue weighted by molar-refractivity contribution is -0.0799. The number of anilines is 2. The Kier molecular flexibility index (Phi) is 4.97. The molecule has 3 heterocycles. The second-order valence-corrected chi connectivity index (χ2v) is 10.4. The fourth-order valence-corrected chi connectivity index (χ4v) is 6.61. The Morgan fingerprint density at radius 2 is 2.03 bits per heavy atom. The van der Waals surface area contributed by atoms with Crippen LogP contribution >= 0.6 is 11.6 Å². The van der Waals surface area contributed by atoms with E-state index < -0.39 is 17.5 Å². The van der Waals surface area contributed by atoms with Crippen LogP contribution in [0.5, 0.6) is 0 Å². The summed E-state index contributed by atoms with van der Waals surface area (Å²) in [6.45, 7) is 1.93. The standard InChI is InChI=1S/C25H26ClFN6O2/c1-11-9-33(24-20(11)23(29)30-10-31-24)19-8-15-13(2-3-25(15,35)21(19)34)4-12-5-17(27)14-7-16(26)22(28)32-18(14)6-12/h5-7,9-10,13,15,19,21,34-35H,2-4,8H2,1H3,(H2,28,32)(H2,29,30,31)/t13-,15+,19+,21-,25+/m0/s1. The van der Waals surface area contributed by atoms with Crippen LogP contribution in [0.2, 0.25) is 5.02 Å². The molecule has 0 radical (unpaired) electrons. The van der Waals surface area contributed by atoms with Crippen LogP contribution in [0.4, 0.5) is 16.0 Å². The number of aliphatic hydroxyl groups is 2. The molecule has 10 heteroatoms. The number of fused-ring (bicyclic) bond motifs is 3. The van der Waals surface area contributed by atoms with Gasteiger partial charge in [-0.15, -0.1) is 0 Å². The molecule has 2 saturated carbocycles. The highest BCUT2D eigenvalue weighted by atomic mass is 35.5. The number of nitrogens with zero attached hydrogens (tertiary/aromatic N) is 4. The van der Waals surface area contributed by atoms with E-state index in [4.69, 9.17) is 23.1 Å². The maximum absolute atomic E-state index is 14.9. The summed E-state index contributed by atoms with van der Waals surface area (Å²) in [6, 6.07) is 4.47. The number of aromatic nitrogens is 4. The number of nitrogen functional groups attached to an aromatic ring is 2. The third-order valence-corrected chi connectivity index (χ3v) is 8.41. The van der Waals surface area contributed by atoms with Crippen LogP contribution in [0.25, 0.3) is 21.9 Å². The summed E-state index contributed by atoms with van der Waals surface area (Å²) < 4.78 is 16.8. The number of rotatable bonds is 3. The molecule has 6 N–H and O–H groups in total. The van der Waals surface area contributed by atoms with Crippen LogP contribution in [0.3, 0.4) is 0 Å². The highest BCUT2D eigenvalue weighted by Crippen LogP contribution is 2.55. The highest BCUT2D eigenvalue weighted by Gasteiger charge is 2.59. The van der Waals surface area contributed by atoms with E-state index >= 15 is 0 Å². The molecule has 182 valence electrons. The predicted molar refractivity (Wildman–Crippen MR) is 132 cm³/mol. The molecule has 0 amide bonds. The lowest BCUT2D eigenvalue weighted by Gasteiger charge is -2.29. The molecule has 2 fully saturated rings. The first-order chi connectivity index (χ1) is 16.7. The first-order valence-electron chi connectivity index (χ1n) is 11.7. The van der Waals surface area contributed by atoms with Crippen LogP contribution in [0, 0.1) is 24.6 Å². The van der Waals surface area contributed by atoms with Crippen molar-refractivity contribution in [3.63, 3.8) is 0 Å². The molecule has 4 aromatic rings. The van der Waals surface area contributed by atoms with E-state index in [0.717, 1.165) is 22.9 Å². The van der Waals surface area contributed by atoms with E-state index in [-0.39, 0.29) is 28.7 Å². The number of aryl methyl sites for hydroxylation is 1.